The largest absolute Gasteiger partial charge is 0.523 e. The Morgan fingerprint density at radius 1 is 0.741 bits per heavy atom. The van der Waals surface area contributed by atoms with Crippen LogP contribution in [-0.4, -0.2) is 36.5 Å². The molecule has 1 aliphatic heterocycles. The molecule has 0 bridgehead atoms. The topological polar surface area (TPSA) is 52.6 Å². The van der Waals surface area contributed by atoms with Crippen molar-refractivity contribution >= 4 is 20.4 Å². The molecule has 0 aromatic carbocycles. The minimum atomic E-state index is -5.65. The molecule has 1 saturated heterocycles. The van der Waals surface area contributed by atoms with Crippen molar-refractivity contribution in [3.8, 4) is 0 Å². The van der Waals surface area contributed by atoms with E-state index in [0.29, 0.717) is 13.0 Å². The molecule has 4 nitrogen and oxygen atoms in total. The highest BCUT2D eigenvalue weighted by molar-refractivity contribution is 8.34. The van der Waals surface area contributed by atoms with E-state index in [-0.39, 0.29) is 10.5 Å². The maximum atomic E-state index is 13.3. The monoisotopic (exact) mass is 432 g/mol. The van der Waals surface area contributed by atoms with Gasteiger partial charge in [0.1, 0.15) is 5.44 Å². The zero-order valence-corrected chi connectivity index (χ0v) is 17.3. The molecule has 0 radical (unpaired) electrons. The third kappa shape index (κ3) is 4.61. The van der Waals surface area contributed by atoms with Gasteiger partial charge >= 0.3 is 15.6 Å². The Bertz CT molecular complexity index is 530. The summed E-state index contributed by atoms with van der Waals surface area (Å²) in [6.45, 7) is 0.480. The summed E-state index contributed by atoms with van der Waals surface area (Å²) in [7, 11) is -8.22. The van der Waals surface area contributed by atoms with Crippen LogP contribution in [0.1, 0.15) is 83.5 Å². The van der Waals surface area contributed by atoms with Crippen molar-refractivity contribution in [2.24, 2.45) is 0 Å². The highest BCUT2D eigenvalue weighted by Crippen LogP contribution is 2.70. The summed E-state index contributed by atoms with van der Waals surface area (Å²) in [6, 6.07) is 0. The molecular formula is C18H31F3O4S2. The average Bonchev–Trinajstić information content (AvgIpc) is 2.67. The minimum absolute atomic E-state index is 0.116. The molecule has 3 aliphatic rings. The number of hydrogen-bond acceptors (Lipinski definition) is 4. The van der Waals surface area contributed by atoms with E-state index in [0.717, 1.165) is 77.0 Å². The Labute approximate surface area is 162 Å². The summed E-state index contributed by atoms with van der Waals surface area (Å²) >= 11 is 0. The predicted molar refractivity (Wildman–Crippen MR) is 101 cm³/mol. The average molecular weight is 433 g/mol. The zero-order valence-electron chi connectivity index (χ0n) is 15.7. The van der Waals surface area contributed by atoms with E-state index < -0.39 is 31.4 Å². The second-order valence-corrected chi connectivity index (χ2v) is 13.1. The summed E-state index contributed by atoms with van der Waals surface area (Å²) in [5, 5.41) is -0.232. The van der Waals surface area contributed by atoms with E-state index >= 15 is 0 Å². The fourth-order valence-electron chi connectivity index (χ4n) is 4.92. The molecule has 9 heteroatoms. The van der Waals surface area contributed by atoms with E-state index in [9.17, 15) is 21.6 Å². The van der Waals surface area contributed by atoms with Crippen molar-refractivity contribution in [2.45, 2.75) is 105 Å². The van der Waals surface area contributed by atoms with Gasteiger partial charge in [-0.3, -0.25) is 0 Å². The van der Waals surface area contributed by atoms with Gasteiger partial charge < -0.3 is 4.74 Å². The molecule has 3 fully saturated rings. The van der Waals surface area contributed by atoms with Gasteiger partial charge in [-0.1, -0.05) is 48.8 Å². The third-order valence-corrected chi connectivity index (χ3v) is 12.6. The smallest absolute Gasteiger partial charge is 0.367 e. The lowest BCUT2D eigenvalue weighted by atomic mass is 10.00. The van der Waals surface area contributed by atoms with Gasteiger partial charge in [0, 0.05) is 17.1 Å². The third-order valence-electron chi connectivity index (χ3n) is 6.19. The van der Waals surface area contributed by atoms with Crippen LogP contribution in [0.25, 0.3) is 0 Å². The van der Waals surface area contributed by atoms with Gasteiger partial charge in [0.15, 0.2) is 0 Å². The van der Waals surface area contributed by atoms with Crippen molar-refractivity contribution in [1.29, 1.82) is 0 Å². The van der Waals surface area contributed by atoms with Gasteiger partial charge in [-0.15, -0.1) is 0 Å². The van der Waals surface area contributed by atoms with Gasteiger partial charge in [0.25, 0.3) is 0 Å². The number of alkyl halides is 3. The molecule has 1 atom stereocenters. The van der Waals surface area contributed by atoms with Crippen LogP contribution in [0, 0.1) is 0 Å². The Kier molecular flexibility index (Phi) is 7.07. The lowest BCUT2D eigenvalue weighted by Crippen LogP contribution is -2.45. The number of halogens is 3. The van der Waals surface area contributed by atoms with Crippen LogP contribution in [0.5, 0.6) is 0 Å². The molecule has 27 heavy (non-hydrogen) atoms. The normalized spacial score (nSPS) is 28.2. The van der Waals surface area contributed by atoms with Crippen LogP contribution in [-0.2, 0) is 18.5 Å². The molecule has 0 amide bonds. The van der Waals surface area contributed by atoms with E-state index in [1.807, 2.05) is 0 Å². The number of rotatable bonds is 5. The Balaban J connectivity index is 2.04. The second kappa shape index (κ2) is 8.79. The van der Waals surface area contributed by atoms with E-state index in [1.165, 1.54) is 0 Å². The first-order valence-electron chi connectivity index (χ1n) is 10.2. The van der Waals surface area contributed by atoms with Crippen LogP contribution in [0.4, 0.5) is 13.2 Å². The van der Waals surface area contributed by atoms with Gasteiger partial charge in [-0.2, -0.15) is 21.6 Å². The lowest BCUT2D eigenvalue weighted by Gasteiger charge is -2.56. The minimum Gasteiger partial charge on any atom is -0.367 e. The number of hydrogen-bond donors (Lipinski definition) is 0. The predicted octanol–water partition coefficient (Wildman–Crippen LogP) is 5.76. The van der Waals surface area contributed by atoms with Crippen molar-refractivity contribution in [3.05, 3.63) is 0 Å². The first kappa shape index (κ1) is 21.7. The highest BCUT2D eigenvalue weighted by Gasteiger charge is 2.57. The van der Waals surface area contributed by atoms with Gasteiger partial charge in [-0.25, -0.2) is 3.63 Å². The first-order valence-corrected chi connectivity index (χ1v) is 13.4. The Morgan fingerprint density at radius 2 is 1.22 bits per heavy atom. The Hall–Kier alpha value is 0.01000. The molecule has 2 saturated carbocycles. The molecular weight excluding hydrogens is 401 g/mol. The van der Waals surface area contributed by atoms with E-state index in [4.69, 9.17) is 8.37 Å². The van der Waals surface area contributed by atoms with E-state index in [2.05, 4.69) is 0 Å². The summed E-state index contributed by atoms with van der Waals surface area (Å²) in [4.78, 5) is 0. The standard InChI is InChI=1S/C18H31F3O4S2/c19-18(20,21)27(22,23)25-26(15-9-3-1-4-10-15,16-11-5-2-6-12-16)17-13-7-8-14-24-17/h15-17H,1-14H2. The molecule has 0 aromatic rings. The Morgan fingerprint density at radius 3 is 1.63 bits per heavy atom. The molecule has 1 unspecified atom stereocenters. The maximum Gasteiger partial charge on any atom is 0.523 e. The summed E-state index contributed by atoms with van der Waals surface area (Å²) in [5.74, 6) is 0. The number of ether oxygens (including phenoxy) is 1. The van der Waals surface area contributed by atoms with Crippen molar-refractivity contribution in [2.75, 3.05) is 6.61 Å². The molecule has 160 valence electrons. The lowest BCUT2D eigenvalue weighted by molar-refractivity contribution is -0.0500. The maximum absolute atomic E-state index is 13.3. The molecule has 2 aliphatic carbocycles. The molecule has 0 aromatic heterocycles. The molecule has 0 spiro atoms. The quantitative estimate of drug-likeness (QED) is 0.518. The first-order chi connectivity index (χ1) is 12.8. The van der Waals surface area contributed by atoms with Gasteiger partial charge in [0.05, 0.1) is 0 Å². The van der Waals surface area contributed by atoms with Crippen molar-refractivity contribution in [3.63, 3.8) is 0 Å². The second-order valence-electron chi connectivity index (χ2n) is 7.98. The summed E-state index contributed by atoms with van der Waals surface area (Å²) in [6.07, 6.45) is 11.1. The van der Waals surface area contributed by atoms with Crippen LogP contribution in [0.3, 0.4) is 0 Å². The molecule has 1 heterocycles. The van der Waals surface area contributed by atoms with Crippen LogP contribution >= 0.6 is 10.3 Å². The van der Waals surface area contributed by atoms with Crippen LogP contribution in [0.2, 0.25) is 0 Å². The molecule has 3 rings (SSSR count). The zero-order chi connectivity index (χ0) is 19.5. The highest BCUT2D eigenvalue weighted by atomic mass is 32.3. The van der Waals surface area contributed by atoms with E-state index in [1.54, 1.807) is 0 Å². The SMILES string of the molecule is O=S(=O)(OS(C1CCCCC1)(C1CCCCC1)C1CCCCO1)C(F)(F)F. The molecule has 0 N–H and O–H groups in total. The van der Waals surface area contributed by atoms with Gasteiger partial charge in [-0.05, 0) is 44.9 Å². The van der Waals surface area contributed by atoms with Crippen LogP contribution < -0.4 is 0 Å². The van der Waals surface area contributed by atoms with Crippen LogP contribution in [0.15, 0.2) is 0 Å². The summed E-state index contributed by atoms with van der Waals surface area (Å²) < 4.78 is 75.8. The van der Waals surface area contributed by atoms with Crippen molar-refractivity contribution < 1.29 is 30.0 Å². The van der Waals surface area contributed by atoms with Gasteiger partial charge in [0.2, 0.25) is 0 Å². The fraction of sp³-hybridized carbons (Fsp3) is 1.00. The fourth-order valence-corrected chi connectivity index (χ4v) is 12.1. The summed E-state index contributed by atoms with van der Waals surface area (Å²) in [5.41, 5.74) is -5.88. The van der Waals surface area contributed by atoms with Crippen molar-refractivity contribution in [1.82, 2.24) is 0 Å².